The van der Waals surface area contributed by atoms with Crippen molar-refractivity contribution in [2.45, 2.75) is 62.9 Å². The van der Waals surface area contributed by atoms with Gasteiger partial charge in [0.05, 0.1) is 20.0 Å². The summed E-state index contributed by atoms with van der Waals surface area (Å²) in [4.78, 5) is 31.4. The number of carbonyl (C=O) groups is 1. The van der Waals surface area contributed by atoms with Gasteiger partial charge in [-0.1, -0.05) is 23.0 Å². The maximum atomic E-state index is 15.9. The van der Waals surface area contributed by atoms with Crippen LogP contribution in [0.3, 0.4) is 0 Å². The molecule has 1 aliphatic carbocycles. The highest BCUT2D eigenvalue weighted by Crippen LogP contribution is 2.44. The number of hydrogen-bond donors (Lipinski definition) is 3. The van der Waals surface area contributed by atoms with Gasteiger partial charge >= 0.3 is 5.97 Å². The molecule has 4 N–H and O–H groups in total. The molecule has 0 amide bonds. The highest BCUT2D eigenvalue weighted by atomic mass is 31.1. The van der Waals surface area contributed by atoms with Crippen molar-refractivity contribution in [2.75, 3.05) is 24.8 Å². The van der Waals surface area contributed by atoms with Crippen molar-refractivity contribution in [2.24, 2.45) is 0 Å². The summed E-state index contributed by atoms with van der Waals surface area (Å²) in [6.07, 6.45) is -0.952. The maximum Gasteiger partial charge on any atom is 0.326 e. The minimum atomic E-state index is -3.27. The SMILES string of the molecule is COC(=O)[C@H](C)N(Oc1ccccc1)[PH](=O)OC[C@H]1O[C@@H](n2cnc3c(NC4CC4)nc(N)nc32)[C@](C)(F)[C@@H]1O. The van der Waals surface area contributed by atoms with Crippen molar-refractivity contribution in [3.63, 3.8) is 0 Å². The number of imidazole rings is 1. The van der Waals surface area contributed by atoms with Crippen molar-refractivity contribution in [3.05, 3.63) is 36.7 Å². The molecule has 216 valence electrons. The van der Waals surface area contributed by atoms with Gasteiger partial charge in [-0.15, -0.1) is 0 Å². The van der Waals surface area contributed by atoms with E-state index in [2.05, 4.69) is 20.3 Å². The summed E-state index contributed by atoms with van der Waals surface area (Å²) < 4.78 is 46.5. The van der Waals surface area contributed by atoms with Gasteiger partial charge in [0.1, 0.15) is 24.0 Å². The van der Waals surface area contributed by atoms with E-state index < -0.39 is 50.9 Å². The van der Waals surface area contributed by atoms with Crippen LogP contribution >= 0.6 is 8.18 Å². The van der Waals surface area contributed by atoms with Gasteiger partial charge in [0.15, 0.2) is 28.9 Å². The Morgan fingerprint density at radius 3 is 2.77 bits per heavy atom. The summed E-state index contributed by atoms with van der Waals surface area (Å²) in [6, 6.07) is 7.52. The highest BCUT2D eigenvalue weighted by Gasteiger charge is 2.55. The van der Waals surface area contributed by atoms with Crippen LogP contribution in [0.25, 0.3) is 11.2 Å². The zero-order valence-corrected chi connectivity index (χ0v) is 23.1. The largest absolute Gasteiger partial charge is 0.468 e. The zero-order chi connectivity index (χ0) is 28.6. The van der Waals surface area contributed by atoms with E-state index in [1.165, 1.54) is 31.9 Å². The van der Waals surface area contributed by atoms with E-state index in [1.54, 1.807) is 30.3 Å². The van der Waals surface area contributed by atoms with Gasteiger partial charge in [0, 0.05) is 6.04 Å². The van der Waals surface area contributed by atoms with Gasteiger partial charge in [0.25, 0.3) is 8.18 Å². The van der Waals surface area contributed by atoms with E-state index in [9.17, 15) is 14.5 Å². The smallest absolute Gasteiger partial charge is 0.326 e. The molecule has 1 saturated heterocycles. The summed E-state index contributed by atoms with van der Waals surface area (Å²) in [7, 11) is -2.08. The van der Waals surface area contributed by atoms with E-state index in [1.807, 2.05) is 0 Å². The molecule has 16 heteroatoms. The third-order valence-electron chi connectivity index (χ3n) is 6.72. The number of alkyl halides is 1. The van der Waals surface area contributed by atoms with E-state index in [4.69, 9.17) is 24.6 Å². The molecule has 0 bridgehead atoms. The lowest BCUT2D eigenvalue weighted by Gasteiger charge is -2.26. The molecule has 14 nitrogen and oxygen atoms in total. The van der Waals surface area contributed by atoms with E-state index in [0.29, 0.717) is 17.1 Å². The fourth-order valence-corrected chi connectivity index (χ4v) is 5.37. The predicted molar refractivity (Wildman–Crippen MR) is 141 cm³/mol. The molecule has 5 rings (SSSR count). The van der Waals surface area contributed by atoms with Gasteiger partial charge in [0.2, 0.25) is 5.95 Å². The van der Waals surface area contributed by atoms with Gasteiger partial charge in [-0.25, -0.2) is 9.37 Å². The molecule has 1 aliphatic heterocycles. The first-order valence-corrected chi connectivity index (χ1v) is 13.9. The fourth-order valence-electron chi connectivity index (χ4n) is 4.33. The Morgan fingerprint density at radius 2 is 2.10 bits per heavy atom. The second-order valence-electron chi connectivity index (χ2n) is 9.80. The topological polar surface area (TPSA) is 176 Å². The van der Waals surface area contributed by atoms with Crippen LogP contribution in [0.15, 0.2) is 36.7 Å². The Balaban J connectivity index is 1.33. The second kappa shape index (κ2) is 11.3. The van der Waals surface area contributed by atoms with Crippen molar-refractivity contribution < 1.29 is 37.7 Å². The van der Waals surface area contributed by atoms with Crippen molar-refractivity contribution >= 4 is 37.1 Å². The molecule has 40 heavy (non-hydrogen) atoms. The standard InChI is InChI=1S/C24H31FN7O7P/c1-13(21(34)36-3)32(39-15-7-5-4-6-8-15)40(35)37-11-16-18(33)24(2,25)22(38-16)31-12-27-17-19(28-14-9-10-14)29-23(26)30-20(17)31/h4-8,12-14,16,18,22,33,40H,9-11H2,1-3H3,(H3,26,28,29,30)/t13-,16+,18+,22+,24+/m0/s1. The van der Waals surface area contributed by atoms with Crippen LogP contribution in [0, 0.1) is 0 Å². The molecule has 2 aliphatic rings. The number of aliphatic hydroxyl groups is 1. The molecule has 2 aromatic heterocycles. The number of benzene rings is 1. The molecular weight excluding hydrogens is 548 g/mol. The Hall–Kier alpha value is -3.36. The minimum Gasteiger partial charge on any atom is -0.468 e. The van der Waals surface area contributed by atoms with Crippen LogP contribution < -0.4 is 15.9 Å². The molecule has 0 radical (unpaired) electrons. The minimum absolute atomic E-state index is 0.0341. The van der Waals surface area contributed by atoms with Crippen LogP contribution in [0.2, 0.25) is 0 Å². The fraction of sp³-hybridized carbons (Fsp3) is 0.500. The highest BCUT2D eigenvalue weighted by molar-refractivity contribution is 7.36. The number of fused-ring (bicyclic) bond motifs is 1. The summed E-state index contributed by atoms with van der Waals surface area (Å²) in [5.74, 6) is -0.0134. The van der Waals surface area contributed by atoms with Crippen LogP contribution in [-0.2, 0) is 23.4 Å². The molecule has 3 aromatic rings. The molecule has 1 saturated carbocycles. The number of methoxy groups -OCH3 is 1. The van der Waals surface area contributed by atoms with E-state index in [0.717, 1.165) is 17.7 Å². The maximum absolute atomic E-state index is 15.9. The molecule has 0 spiro atoms. The lowest BCUT2D eigenvalue weighted by atomic mass is 9.98. The van der Waals surface area contributed by atoms with E-state index >= 15 is 4.39 Å². The monoisotopic (exact) mass is 579 g/mol. The van der Waals surface area contributed by atoms with Crippen LogP contribution in [-0.4, -0.2) is 79.1 Å². The Morgan fingerprint density at radius 1 is 1.38 bits per heavy atom. The average molecular weight is 580 g/mol. The normalized spacial score (nSPS) is 26.1. The summed E-state index contributed by atoms with van der Waals surface area (Å²) in [5, 5.41) is 14.1. The Labute approximate surface area is 229 Å². The van der Waals surface area contributed by atoms with Crippen LogP contribution in [0.4, 0.5) is 16.2 Å². The first kappa shape index (κ1) is 28.2. The Kier molecular flexibility index (Phi) is 7.93. The second-order valence-corrected chi connectivity index (χ2v) is 11.1. The van der Waals surface area contributed by atoms with Gasteiger partial charge in [-0.05, 0) is 38.8 Å². The number of nitrogens with two attached hydrogens (primary N) is 1. The number of nitrogens with one attached hydrogen (secondary N) is 1. The number of aromatic nitrogens is 4. The van der Waals surface area contributed by atoms with Crippen LogP contribution in [0.5, 0.6) is 5.75 Å². The number of anilines is 2. The number of rotatable bonds is 11. The average Bonchev–Trinajstić information content (AvgIpc) is 3.61. The first-order valence-electron chi connectivity index (χ1n) is 12.7. The Bertz CT molecular complexity index is 1390. The number of nitrogens with zero attached hydrogens (tertiary/aromatic N) is 5. The van der Waals surface area contributed by atoms with Crippen molar-refractivity contribution in [1.29, 1.82) is 0 Å². The number of halogens is 1. The quantitative estimate of drug-likeness (QED) is 0.171. The zero-order valence-electron chi connectivity index (χ0n) is 22.1. The number of para-hydroxylation sites is 1. The number of esters is 1. The molecule has 1 unspecified atom stereocenters. The predicted octanol–water partition coefficient (Wildman–Crippen LogP) is 2.23. The van der Waals surface area contributed by atoms with E-state index in [-0.39, 0.29) is 17.6 Å². The molecule has 3 heterocycles. The first-order chi connectivity index (χ1) is 19.1. The molecular formula is C24H31FN7O7P. The van der Waals surface area contributed by atoms with Crippen molar-refractivity contribution in [3.8, 4) is 5.75 Å². The third kappa shape index (κ3) is 5.60. The number of nitrogen functional groups attached to an aromatic ring is 1. The number of ether oxygens (including phenoxy) is 2. The number of carbonyl (C=O) groups excluding carboxylic acids is 1. The summed E-state index contributed by atoms with van der Waals surface area (Å²) in [5.41, 5.74) is 4.19. The third-order valence-corrected chi connectivity index (χ3v) is 7.97. The summed E-state index contributed by atoms with van der Waals surface area (Å²) in [6.45, 7) is 2.13. The molecule has 2 fully saturated rings. The van der Waals surface area contributed by atoms with Crippen LogP contribution in [0.1, 0.15) is 32.9 Å². The lowest BCUT2D eigenvalue weighted by Crippen LogP contribution is -2.41. The van der Waals surface area contributed by atoms with Gasteiger partial charge < -0.3 is 35.0 Å². The number of aliphatic hydroxyl groups excluding tert-OH is 1. The molecule has 1 aromatic carbocycles. The number of hydroxylamine groups is 1. The number of hydrogen-bond acceptors (Lipinski definition) is 12. The van der Waals surface area contributed by atoms with Crippen molar-refractivity contribution in [1.82, 2.24) is 24.4 Å². The summed E-state index contributed by atoms with van der Waals surface area (Å²) >= 11 is 0. The molecule has 6 atom stereocenters. The van der Waals surface area contributed by atoms with Gasteiger partial charge in [-0.3, -0.25) is 13.9 Å². The lowest BCUT2D eigenvalue weighted by molar-refractivity contribution is -0.152. The van der Waals surface area contributed by atoms with Gasteiger partial charge in [-0.2, -0.15) is 9.97 Å².